The highest BCUT2D eigenvalue weighted by Gasteiger charge is 2.44. The van der Waals surface area contributed by atoms with Gasteiger partial charge in [0, 0.05) is 31.9 Å². The van der Waals surface area contributed by atoms with Crippen LogP contribution in [0.15, 0.2) is 36.7 Å². The van der Waals surface area contributed by atoms with Gasteiger partial charge in [-0.25, -0.2) is 8.78 Å². The molecule has 2 heterocycles. The average Bonchev–Trinajstić information content (AvgIpc) is 2.87. The third kappa shape index (κ3) is 3.32. The van der Waals surface area contributed by atoms with Gasteiger partial charge in [-0.1, -0.05) is 17.7 Å². The van der Waals surface area contributed by atoms with Crippen LogP contribution in [-0.2, 0) is 9.59 Å². The number of likely N-dealkylation sites (N-methyl/N-ethyl adjacent to an activating group) is 1. The molecule has 1 aliphatic heterocycles. The number of hydrogen-bond donors (Lipinski definition) is 1. The smallest absolute Gasteiger partial charge is 0.237 e. The first kappa shape index (κ1) is 17.3. The maximum atomic E-state index is 13.8. The van der Waals surface area contributed by atoms with Gasteiger partial charge in [-0.15, -0.1) is 0 Å². The molecule has 1 fully saturated rings. The van der Waals surface area contributed by atoms with Crippen molar-refractivity contribution in [2.75, 3.05) is 18.9 Å². The molecule has 1 saturated heterocycles. The minimum Gasteiger partial charge on any atom is -0.344 e. The SMILES string of the molecule is CN1C[C@@H](c2cncc(Cl)c2)[C@H](C(=O)Nc2cccc(F)c2F)C1=O. The van der Waals surface area contributed by atoms with Gasteiger partial charge in [0.25, 0.3) is 0 Å². The second-order valence-electron chi connectivity index (χ2n) is 5.83. The third-order valence-corrected chi connectivity index (χ3v) is 4.37. The Morgan fingerprint density at radius 3 is 2.84 bits per heavy atom. The number of anilines is 1. The van der Waals surface area contributed by atoms with E-state index in [0.29, 0.717) is 17.1 Å². The van der Waals surface area contributed by atoms with Gasteiger partial charge < -0.3 is 10.2 Å². The molecule has 0 saturated carbocycles. The van der Waals surface area contributed by atoms with Crippen LogP contribution in [0.5, 0.6) is 0 Å². The van der Waals surface area contributed by atoms with Crippen molar-refractivity contribution in [3.63, 3.8) is 0 Å². The van der Waals surface area contributed by atoms with Crippen LogP contribution in [0.3, 0.4) is 0 Å². The Labute approximate surface area is 147 Å². The summed E-state index contributed by atoms with van der Waals surface area (Å²) in [5.74, 6) is -4.92. The molecule has 1 aromatic carbocycles. The van der Waals surface area contributed by atoms with Gasteiger partial charge in [0.15, 0.2) is 11.6 Å². The fourth-order valence-corrected chi connectivity index (χ4v) is 3.12. The molecule has 130 valence electrons. The van der Waals surface area contributed by atoms with Crippen molar-refractivity contribution in [2.45, 2.75) is 5.92 Å². The number of rotatable bonds is 3. The van der Waals surface area contributed by atoms with E-state index in [1.807, 2.05) is 0 Å². The summed E-state index contributed by atoms with van der Waals surface area (Å²) in [5, 5.41) is 2.69. The number of carbonyl (C=O) groups is 2. The minimum atomic E-state index is -1.17. The van der Waals surface area contributed by atoms with E-state index >= 15 is 0 Å². The summed E-state index contributed by atoms with van der Waals surface area (Å²) in [6, 6.07) is 5.08. The molecule has 3 rings (SSSR count). The first-order valence-corrected chi connectivity index (χ1v) is 7.86. The van der Waals surface area contributed by atoms with Crippen LogP contribution < -0.4 is 5.32 Å². The number of hydrogen-bond acceptors (Lipinski definition) is 3. The van der Waals surface area contributed by atoms with Crippen molar-refractivity contribution in [3.8, 4) is 0 Å². The number of amides is 2. The van der Waals surface area contributed by atoms with E-state index < -0.39 is 35.3 Å². The van der Waals surface area contributed by atoms with E-state index in [2.05, 4.69) is 10.3 Å². The van der Waals surface area contributed by atoms with Crippen molar-refractivity contribution in [2.24, 2.45) is 5.92 Å². The predicted molar refractivity (Wildman–Crippen MR) is 88.1 cm³/mol. The zero-order valence-electron chi connectivity index (χ0n) is 13.2. The molecule has 0 unspecified atom stereocenters. The molecule has 5 nitrogen and oxygen atoms in total. The molecule has 2 amide bonds. The van der Waals surface area contributed by atoms with Crippen molar-refractivity contribution >= 4 is 29.1 Å². The summed E-state index contributed by atoms with van der Waals surface area (Å²) >= 11 is 5.94. The number of benzene rings is 1. The van der Waals surface area contributed by atoms with Gasteiger partial charge in [-0.05, 0) is 23.8 Å². The molecule has 0 radical (unpaired) electrons. The minimum absolute atomic E-state index is 0.296. The number of halogens is 3. The van der Waals surface area contributed by atoms with Crippen LogP contribution in [0.25, 0.3) is 0 Å². The number of carbonyl (C=O) groups excluding carboxylic acids is 2. The van der Waals surface area contributed by atoms with Crippen LogP contribution in [0, 0.1) is 17.6 Å². The van der Waals surface area contributed by atoms with Gasteiger partial charge in [-0.2, -0.15) is 0 Å². The number of likely N-dealkylation sites (tertiary alicyclic amines) is 1. The van der Waals surface area contributed by atoms with Gasteiger partial charge in [0.2, 0.25) is 11.8 Å². The number of aromatic nitrogens is 1. The van der Waals surface area contributed by atoms with E-state index in [1.165, 1.54) is 29.4 Å². The summed E-state index contributed by atoms with van der Waals surface area (Å²) in [4.78, 5) is 30.4. The lowest BCUT2D eigenvalue weighted by molar-refractivity contribution is -0.135. The van der Waals surface area contributed by atoms with Crippen molar-refractivity contribution in [1.82, 2.24) is 9.88 Å². The highest BCUT2D eigenvalue weighted by molar-refractivity contribution is 6.30. The normalized spacial score (nSPS) is 20.0. The summed E-state index contributed by atoms with van der Waals surface area (Å²) in [5.41, 5.74) is 0.320. The van der Waals surface area contributed by atoms with Crippen LogP contribution >= 0.6 is 11.6 Å². The van der Waals surface area contributed by atoms with E-state index in [1.54, 1.807) is 13.1 Å². The zero-order chi connectivity index (χ0) is 18.1. The standard InChI is InChI=1S/C17H14ClF2N3O2/c1-23-8-11(9-5-10(18)7-21-6-9)14(17(23)25)16(24)22-13-4-2-3-12(19)15(13)20/h2-7,11,14H,8H2,1H3,(H,22,24)/t11-,14+/m0/s1. The van der Waals surface area contributed by atoms with Crippen LogP contribution in [0.2, 0.25) is 5.02 Å². The molecule has 2 atom stereocenters. The van der Waals surface area contributed by atoms with Crippen molar-refractivity contribution in [3.05, 3.63) is 58.9 Å². The van der Waals surface area contributed by atoms with E-state index in [4.69, 9.17) is 11.6 Å². The second-order valence-corrected chi connectivity index (χ2v) is 6.27. The average molecular weight is 366 g/mol. The van der Waals surface area contributed by atoms with E-state index in [9.17, 15) is 18.4 Å². The predicted octanol–water partition coefficient (Wildman–Crippen LogP) is 2.82. The Kier molecular flexibility index (Phi) is 4.67. The Bertz CT molecular complexity index is 846. The molecule has 1 aliphatic rings. The zero-order valence-corrected chi connectivity index (χ0v) is 13.9. The lowest BCUT2D eigenvalue weighted by Gasteiger charge is -2.17. The van der Waals surface area contributed by atoms with Crippen molar-refractivity contribution in [1.29, 1.82) is 0 Å². The number of nitrogens with one attached hydrogen (secondary N) is 1. The van der Waals surface area contributed by atoms with Crippen LogP contribution in [0.4, 0.5) is 14.5 Å². The molecular weight excluding hydrogens is 352 g/mol. The second kappa shape index (κ2) is 6.76. The van der Waals surface area contributed by atoms with E-state index in [-0.39, 0.29) is 5.69 Å². The molecule has 0 spiro atoms. The van der Waals surface area contributed by atoms with Crippen LogP contribution in [0.1, 0.15) is 11.5 Å². The molecule has 1 aromatic heterocycles. The molecule has 0 bridgehead atoms. The fourth-order valence-electron chi connectivity index (χ4n) is 2.93. The Hall–Kier alpha value is -2.54. The van der Waals surface area contributed by atoms with Gasteiger partial charge >= 0.3 is 0 Å². The Morgan fingerprint density at radius 1 is 1.36 bits per heavy atom. The summed E-state index contributed by atoms with van der Waals surface area (Å²) in [6.45, 7) is 0.296. The fraction of sp³-hybridized carbons (Fsp3) is 0.235. The summed E-state index contributed by atoms with van der Waals surface area (Å²) < 4.78 is 27.1. The van der Waals surface area contributed by atoms with Gasteiger partial charge in [0.05, 0.1) is 10.7 Å². The molecule has 0 aliphatic carbocycles. The van der Waals surface area contributed by atoms with Crippen LogP contribution in [-0.4, -0.2) is 35.3 Å². The van der Waals surface area contributed by atoms with Crippen molar-refractivity contribution < 1.29 is 18.4 Å². The largest absolute Gasteiger partial charge is 0.344 e. The first-order valence-electron chi connectivity index (χ1n) is 7.48. The van der Waals surface area contributed by atoms with Gasteiger partial charge in [-0.3, -0.25) is 14.6 Å². The lowest BCUT2D eigenvalue weighted by Crippen LogP contribution is -2.33. The maximum absolute atomic E-state index is 13.8. The van der Waals surface area contributed by atoms with E-state index in [0.717, 1.165) is 6.07 Å². The quantitative estimate of drug-likeness (QED) is 0.851. The molecule has 2 aromatic rings. The summed E-state index contributed by atoms with van der Waals surface area (Å²) in [6.07, 6.45) is 2.98. The Morgan fingerprint density at radius 2 is 2.12 bits per heavy atom. The first-order chi connectivity index (χ1) is 11.9. The topological polar surface area (TPSA) is 62.3 Å². The molecule has 8 heteroatoms. The van der Waals surface area contributed by atoms with Gasteiger partial charge in [0.1, 0.15) is 5.92 Å². The molecule has 1 N–H and O–H groups in total. The Balaban J connectivity index is 1.90. The third-order valence-electron chi connectivity index (χ3n) is 4.16. The maximum Gasteiger partial charge on any atom is 0.237 e. The molecule has 25 heavy (non-hydrogen) atoms. The highest BCUT2D eigenvalue weighted by Crippen LogP contribution is 2.34. The number of nitrogens with zero attached hydrogens (tertiary/aromatic N) is 2. The highest BCUT2D eigenvalue weighted by atomic mass is 35.5. The lowest BCUT2D eigenvalue weighted by atomic mass is 9.89. The summed E-state index contributed by atoms with van der Waals surface area (Å²) in [7, 11) is 1.57. The molecular formula is C17H14ClF2N3O2. The number of pyridine rings is 1. The monoisotopic (exact) mass is 365 g/mol.